The summed E-state index contributed by atoms with van der Waals surface area (Å²) in [7, 11) is 0. The molecular formula is C24H27NO2. The van der Waals surface area contributed by atoms with Crippen molar-refractivity contribution in [1.82, 2.24) is 4.90 Å². The third-order valence-corrected chi connectivity index (χ3v) is 4.57. The molecule has 3 nitrogen and oxygen atoms in total. The summed E-state index contributed by atoms with van der Waals surface area (Å²) >= 11 is 0. The molecule has 0 atom stereocenters. The molecule has 0 fully saturated rings. The highest BCUT2D eigenvalue weighted by atomic mass is 16.6. The molecule has 1 aliphatic heterocycles. The van der Waals surface area contributed by atoms with Crippen molar-refractivity contribution in [1.29, 1.82) is 0 Å². The Labute approximate surface area is 162 Å². The average Bonchev–Trinajstić information content (AvgIpc) is 2.84. The maximum Gasteiger partial charge on any atom is 0.410 e. The van der Waals surface area contributed by atoms with Crippen LogP contribution in [0.25, 0.3) is 0 Å². The molecule has 0 saturated carbocycles. The molecule has 140 valence electrons. The molecule has 0 spiro atoms. The first kappa shape index (κ1) is 19.0. The van der Waals surface area contributed by atoms with E-state index < -0.39 is 5.60 Å². The van der Waals surface area contributed by atoms with Gasteiger partial charge in [0.25, 0.3) is 0 Å². The Balaban J connectivity index is 1.72. The topological polar surface area (TPSA) is 29.5 Å². The van der Waals surface area contributed by atoms with Crippen molar-refractivity contribution in [2.75, 3.05) is 13.1 Å². The zero-order valence-electron chi connectivity index (χ0n) is 16.4. The van der Waals surface area contributed by atoms with Gasteiger partial charge in [-0.3, -0.25) is 0 Å². The fraction of sp³-hybridized carbons (Fsp3) is 0.375. The molecule has 27 heavy (non-hydrogen) atoms. The van der Waals surface area contributed by atoms with Crippen LogP contribution in [0.4, 0.5) is 4.79 Å². The van der Waals surface area contributed by atoms with Crippen LogP contribution in [-0.2, 0) is 24.0 Å². The monoisotopic (exact) mass is 361 g/mol. The number of nitrogens with zero attached hydrogens (tertiary/aromatic N) is 1. The minimum Gasteiger partial charge on any atom is -0.444 e. The van der Waals surface area contributed by atoms with Gasteiger partial charge in [-0.1, -0.05) is 54.3 Å². The number of carbonyl (C=O) groups excluding carboxylic acids is 1. The predicted molar refractivity (Wildman–Crippen MR) is 109 cm³/mol. The highest BCUT2D eigenvalue weighted by Crippen LogP contribution is 2.21. The number of amides is 1. The summed E-state index contributed by atoms with van der Waals surface area (Å²) in [6.07, 6.45) is 2.16. The molecule has 0 aromatic heterocycles. The van der Waals surface area contributed by atoms with Crippen molar-refractivity contribution in [3.8, 4) is 11.8 Å². The van der Waals surface area contributed by atoms with E-state index in [1.54, 1.807) is 0 Å². The summed E-state index contributed by atoms with van der Waals surface area (Å²) in [6.45, 7) is 7.05. The van der Waals surface area contributed by atoms with Crippen molar-refractivity contribution in [2.45, 2.75) is 45.6 Å². The number of rotatable bonds is 1. The average molecular weight is 361 g/mol. The van der Waals surface area contributed by atoms with Crippen molar-refractivity contribution in [3.05, 3.63) is 70.8 Å². The lowest BCUT2D eigenvalue weighted by atomic mass is 9.97. The van der Waals surface area contributed by atoms with Crippen LogP contribution in [-0.4, -0.2) is 29.7 Å². The van der Waals surface area contributed by atoms with Gasteiger partial charge in [-0.05, 0) is 56.4 Å². The lowest BCUT2D eigenvalue weighted by molar-refractivity contribution is 0.0258. The number of carbonyl (C=O) groups is 1. The smallest absolute Gasteiger partial charge is 0.410 e. The van der Waals surface area contributed by atoms with Crippen LogP contribution in [0.5, 0.6) is 0 Å². The van der Waals surface area contributed by atoms with Gasteiger partial charge in [0.05, 0.1) is 0 Å². The Morgan fingerprint density at radius 3 is 2.52 bits per heavy atom. The molecule has 0 aliphatic carbocycles. The SMILES string of the molecule is CC(C)(C)OC(=O)N1CCc2cccc(C#CCc3ccccc3)c2CC1. The first-order valence-electron chi connectivity index (χ1n) is 9.54. The van der Waals surface area contributed by atoms with Crippen molar-refractivity contribution < 1.29 is 9.53 Å². The van der Waals surface area contributed by atoms with Gasteiger partial charge in [0.1, 0.15) is 5.60 Å². The Kier molecular flexibility index (Phi) is 5.86. The summed E-state index contributed by atoms with van der Waals surface area (Å²) in [5.74, 6) is 6.64. The summed E-state index contributed by atoms with van der Waals surface area (Å²) in [6, 6.07) is 16.6. The van der Waals surface area contributed by atoms with E-state index in [4.69, 9.17) is 4.74 Å². The molecule has 0 unspecified atom stereocenters. The van der Waals surface area contributed by atoms with Crippen molar-refractivity contribution in [2.24, 2.45) is 0 Å². The van der Waals surface area contributed by atoms with E-state index in [0.717, 1.165) is 24.8 Å². The van der Waals surface area contributed by atoms with E-state index in [9.17, 15) is 4.79 Å². The van der Waals surface area contributed by atoms with Crippen LogP contribution < -0.4 is 0 Å². The second-order valence-electron chi connectivity index (χ2n) is 7.87. The van der Waals surface area contributed by atoms with Gasteiger partial charge in [-0.2, -0.15) is 0 Å². The van der Waals surface area contributed by atoms with Crippen LogP contribution in [0.3, 0.4) is 0 Å². The van der Waals surface area contributed by atoms with E-state index in [1.165, 1.54) is 16.7 Å². The summed E-state index contributed by atoms with van der Waals surface area (Å²) in [4.78, 5) is 14.2. The Morgan fingerprint density at radius 1 is 1.04 bits per heavy atom. The normalized spacial score (nSPS) is 13.8. The van der Waals surface area contributed by atoms with E-state index in [1.807, 2.05) is 43.9 Å². The van der Waals surface area contributed by atoms with Gasteiger partial charge in [0, 0.05) is 25.1 Å². The minimum absolute atomic E-state index is 0.230. The van der Waals surface area contributed by atoms with Crippen LogP contribution in [0.15, 0.2) is 48.5 Å². The maximum absolute atomic E-state index is 12.4. The highest BCUT2D eigenvalue weighted by molar-refractivity contribution is 5.68. The second-order valence-corrected chi connectivity index (χ2v) is 7.87. The van der Waals surface area contributed by atoms with Crippen LogP contribution >= 0.6 is 0 Å². The van der Waals surface area contributed by atoms with Gasteiger partial charge in [-0.25, -0.2) is 4.79 Å². The van der Waals surface area contributed by atoms with Crippen molar-refractivity contribution in [3.63, 3.8) is 0 Å². The maximum atomic E-state index is 12.4. The third kappa shape index (κ3) is 5.37. The van der Waals surface area contributed by atoms with E-state index in [0.29, 0.717) is 13.1 Å². The summed E-state index contributed by atoms with van der Waals surface area (Å²) < 4.78 is 5.53. The fourth-order valence-electron chi connectivity index (χ4n) is 3.24. The number of benzene rings is 2. The standard InChI is InChI=1S/C24H27NO2/c1-24(2,3)27-23(26)25-17-15-21-14-8-13-20(22(21)16-18-25)12-7-11-19-9-5-4-6-10-19/h4-6,8-10,13-14H,11,15-18H2,1-3H3. The van der Waals surface area contributed by atoms with E-state index >= 15 is 0 Å². The minimum atomic E-state index is -0.468. The molecule has 2 aromatic carbocycles. The molecule has 0 saturated heterocycles. The Hall–Kier alpha value is -2.73. The Morgan fingerprint density at radius 2 is 1.78 bits per heavy atom. The second kappa shape index (κ2) is 8.31. The van der Waals surface area contributed by atoms with Crippen LogP contribution in [0, 0.1) is 11.8 Å². The number of hydrogen-bond donors (Lipinski definition) is 0. The Bertz CT molecular complexity index is 853. The van der Waals surface area contributed by atoms with Gasteiger partial charge in [0.2, 0.25) is 0 Å². The zero-order valence-corrected chi connectivity index (χ0v) is 16.4. The quantitative estimate of drug-likeness (QED) is 0.694. The number of ether oxygens (including phenoxy) is 1. The van der Waals surface area contributed by atoms with Crippen LogP contribution in [0.2, 0.25) is 0 Å². The third-order valence-electron chi connectivity index (χ3n) is 4.57. The first-order valence-corrected chi connectivity index (χ1v) is 9.54. The molecule has 0 bridgehead atoms. The van der Waals surface area contributed by atoms with Gasteiger partial charge in [0.15, 0.2) is 0 Å². The summed E-state index contributed by atoms with van der Waals surface area (Å²) in [5.41, 5.74) is 4.39. The largest absolute Gasteiger partial charge is 0.444 e. The van der Waals surface area contributed by atoms with E-state index in [-0.39, 0.29) is 6.09 Å². The van der Waals surface area contributed by atoms with E-state index in [2.05, 4.69) is 42.2 Å². The molecule has 0 N–H and O–H groups in total. The zero-order chi connectivity index (χ0) is 19.3. The van der Waals surface area contributed by atoms with Gasteiger partial charge < -0.3 is 9.64 Å². The molecule has 3 rings (SSSR count). The van der Waals surface area contributed by atoms with Crippen LogP contribution in [0.1, 0.15) is 43.0 Å². The lowest BCUT2D eigenvalue weighted by Gasteiger charge is -2.26. The molecule has 0 radical (unpaired) electrons. The molecule has 2 aromatic rings. The van der Waals surface area contributed by atoms with Gasteiger partial charge >= 0.3 is 6.09 Å². The summed E-state index contributed by atoms with van der Waals surface area (Å²) in [5, 5.41) is 0. The number of fused-ring (bicyclic) bond motifs is 1. The number of hydrogen-bond acceptors (Lipinski definition) is 2. The highest BCUT2D eigenvalue weighted by Gasteiger charge is 2.24. The predicted octanol–water partition coefficient (Wildman–Crippen LogP) is 4.62. The van der Waals surface area contributed by atoms with Crippen molar-refractivity contribution >= 4 is 6.09 Å². The molecule has 3 heteroatoms. The van der Waals surface area contributed by atoms with Gasteiger partial charge in [-0.15, -0.1) is 0 Å². The first-order chi connectivity index (χ1) is 12.9. The molecule has 1 aliphatic rings. The molecule has 1 heterocycles. The lowest BCUT2D eigenvalue weighted by Crippen LogP contribution is -2.38. The molecule has 1 amide bonds. The fourth-order valence-corrected chi connectivity index (χ4v) is 3.24. The molecular weight excluding hydrogens is 334 g/mol.